The Kier molecular flexibility index (Phi) is 9.23. The van der Waals surface area contributed by atoms with E-state index in [1.165, 1.54) is 53.6 Å². The summed E-state index contributed by atoms with van der Waals surface area (Å²) >= 11 is 7.12. The van der Waals surface area contributed by atoms with Gasteiger partial charge in [-0.1, -0.05) is 25.7 Å². The standard InChI is InChI=1S/C11H12N2.C7H13I2N.Pt/c1-12-8-11(13(2)9-12)10-6-4-3-5-7-10;8-10(9)7-5-3-1-2-4-6-7;/h3-8H,1-2H3;7H,1-6H2;. The van der Waals surface area contributed by atoms with Crippen molar-refractivity contribution in [3.05, 3.63) is 40.3 Å². The zero-order valence-corrected chi connectivity index (χ0v) is 20.8. The fraction of sp³-hybridized carbons (Fsp3) is 0.500. The maximum atomic E-state index is 2.40. The van der Waals surface area contributed by atoms with Gasteiger partial charge in [-0.3, -0.25) is 0 Å². The quantitative estimate of drug-likeness (QED) is 0.216. The maximum Gasteiger partial charge on any atom is 0.0311 e. The summed E-state index contributed by atoms with van der Waals surface area (Å²) in [6, 6.07) is 11.3. The average Bonchev–Trinajstić information content (AvgIpc) is 2.81. The summed E-state index contributed by atoms with van der Waals surface area (Å²) in [5.74, 6) is 0. The van der Waals surface area contributed by atoms with Crippen LogP contribution in [-0.2, 0) is 33.4 Å². The molecule has 0 atom stereocenters. The second-order valence-electron chi connectivity index (χ2n) is 6.20. The van der Waals surface area contributed by atoms with E-state index in [0.717, 1.165) is 6.04 Å². The van der Waals surface area contributed by atoms with Crippen LogP contribution in [0, 0.1) is 3.80 Å². The van der Waals surface area contributed by atoms with Crippen molar-refractivity contribution < 1.29 is 19.4 Å². The number of aromatic nitrogens is 2. The Morgan fingerprint density at radius 1 is 1.00 bits per heavy atom. The van der Waals surface area contributed by atoms with Crippen molar-refractivity contribution >= 4 is 45.7 Å². The minimum absolute atomic E-state index is 0.851. The summed E-state index contributed by atoms with van der Waals surface area (Å²) in [5, 5.41) is 0. The molecule has 24 heavy (non-hydrogen) atoms. The van der Waals surface area contributed by atoms with Gasteiger partial charge in [0.05, 0.1) is 0 Å². The van der Waals surface area contributed by atoms with Gasteiger partial charge in [0.2, 0.25) is 0 Å². The smallest absolute Gasteiger partial charge is 0.0311 e. The molecule has 0 aliphatic heterocycles. The Balaban J connectivity index is 0.000000185. The van der Waals surface area contributed by atoms with Gasteiger partial charge in [-0.2, -0.15) is 1.33 Å². The Labute approximate surface area is 184 Å². The number of hydrogen-bond donors (Lipinski definition) is 0. The van der Waals surface area contributed by atoms with Crippen LogP contribution in [0.2, 0.25) is 0 Å². The van der Waals surface area contributed by atoms with E-state index in [1.54, 1.807) is 0 Å². The Morgan fingerprint density at radius 3 is 2.04 bits per heavy atom. The first-order valence-corrected chi connectivity index (χ1v) is 11.4. The average molecular weight is 732 g/mol. The van der Waals surface area contributed by atoms with Gasteiger partial charge < -0.3 is 0 Å². The molecule has 1 aromatic heterocycles. The predicted octanol–water partition coefficient (Wildman–Crippen LogP) is 5.82. The molecule has 2 aromatic rings. The third-order valence-corrected chi connectivity index (χ3v) is 7.51. The van der Waals surface area contributed by atoms with Crippen molar-refractivity contribution in [2.75, 3.05) is 0 Å². The van der Waals surface area contributed by atoms with E-state index >= 15 is 0 Å². The van der Waals surface area contributed by atoms with Crippen LogP contribution in [0.25, 0.3) is 11.3 Å². The van der Waals surface area contributed by atoms with Gasteiger partial charge in [0.25, 0.3) is 0 Å². The minimum Gasteiger partial charge on any atom is -0.185 e. The first-order valence-electron chi connectivity index (χ1n) is 8.34. The van der Waals surface area contributed by atoms with E-state index in [-0.39, 0.29) is 0 Å². The van der Waals surface area contributed by atoms with Gasteiger partial charge >= 0.3 is 94.2 Å². The van der Waals surface area contributed by atoms with Crippen LogP contribution in [0.4, 0.5) is 0 Å². The monoisotopic (exact) mass is 732 g/mol. The number of nitrogens with zero attached hydrogens (tertiary/aromatic N) is 3. The molecule has 1 saturated carbocycles. The zero-order chi connectivity index (χ0) is 17.5. The molecule has 1 heterocycles. The van der Waals surface area contributed by atoms with Crippen LogP contribution in [0.3, 0.4) is 0 Å². The second-order valence-corrected chi connectivity index (χ2v) is 11.1. The molecule has 0 amide bonds. The number of imidazole rings is 1. The summed E-state index contributed by atoms with van der Waals surface area (Å²) in [6.45, 7) is 0. The first kappa shape index (κ1) is 20.8. The van der Waals surface area contributed by atoms with Crippen LogP contribution in [0.15, 0.2) is 36.5 Å². The molecule has 1 aliphatic rings. The van der Waals surface area contributed by atoms with Gasteiger partial charge in [-0.15, -0.1) is 0 Å². The molecule has 3 rings (SSSR count). The molecule has 0 spiro atoms. The largest absolute Gasteiger partial charge is 0.185 e. The summed E-state index contributed by atoms with van der Waals surface area (Å²) < 4.78 is 7.87. The van der Waals surface area contributed by atoms with Crippen molar-refractivity contribution in [2.45, 2.75) is 44.6 Å². The van der Waals surface area contributed by atoms with Crippen LogP contribution in [0.1, 0.15) is 38.5 Å². The number of benzene rings is 1. The molecule has 0 bridgehead atoms. The summed E-state index contributed by atoms with van der Waals surface area (Å²) in [7, 11) is 4.15. The van der Waals surface area contributed by atoms with Crippen molar-refractivity contribution in [1.82, 2.24) is 10.5 Å². The third-order valence-electron chi connectivity index (χ3n) is 4.37. The molecule has 0 unspecified atom stereocenters. The van der Waals surface area contributed by atoms with Crippen LogP contribution < -0.4 is 0 Å². The van der Waals surface area contributed by atoms with Crippen molar-refractivity contribution in [2.24, 2.45) is 14.1 Å². The number of aryl methyl sites for hydroxylation is 1. The Morgan fingerprint density at radius 2 is 1.58 bits per heavy atom. The minimum atomic E-state index is 0.851. The topological polar surface area (TPSA) is 13.1 Å². The number of halogens is 2. The summed E-state index contributed by atoms with van der Waals surface area (Å²) in [6.07, 6.45) is 10.8. The van der Waals surface area contributed by atoms with Crippen LogP contribution in [-0.4, -0.2) is 16.5 Å². The van der Waals surface area contributed by atoms with Crippen molar-refractivity contribution in [3.63, 3.8) is 0 Å². The number of rotatable bonds is 2. The summed E-state index contributed by atoms with van der Waals surface area (Å²) in [5.41, 5.74) is 2.51. The normalized spacial score (nSPS) is 15.8. The van der Waals surface area contributed by atoms with E-state index < -0.39 is 0 Å². The fourth-order valence-electron chi connectivity index (χ4n) is 2.98. The van der Waals surface area contributed by atoms with Gasteiger partial charge in [0, 0.05) is 51.8 Å². The van der Waals surface area contributed by atoms with Crippen LogP contribution in [0.5, 0.6) is 0 Å². The third kappa shape index (κ3) is 6.06. The van der Waals surface area contributed by atoms with Crippen molar-refractivity contribution in [3.8, 4) is 11.3 Å². The van der Waals surface area contributed by atoms with Crippen molar-refractivity contribution in [1.29, 1.82) is 0 Å². The molecule has 1 aromatic carbocycles. The maximum absolute atomic E-state index is 2.40. The molecule has 0 N–H and O–H groups in total. The molecular weight excluding hydrogens is 707 g/mol. The molecule has 0 radical (unpaired) electrons. The molecule has 136 valence electrons. The van der Waals surface area contributed by atoms with Crippen LogP contribution >= 0.6 is 45.7 Å². The van der Waals surface area contributed by atoms with E-state index in [2.05, 4.69) is 120 Å². The van der Waals surface area contributed by atoms with E-state index in [4.69, 9.17) is 0 Å². The molecular formula is C18H25I2N3Pt. The van der Waals surface area contributed by atoms with E-state index in [0.29, 0.717) is 0 Å². The zero-order valence-electron chi connectivity index (χ0n) is 14.2. The Bertz CT molecular complexity index is 671. The molecule has 6 heteroatoms. The summed E-state index contributed by atoms with van der Waals surface area (Å²) in [4.78, 5) is 0. The van der Waals surface area contributed by atoms with Gasteiger partial charge in [-0.25, -0.2) is 0 Å². The molecule has 1 aliphatic carbocycles. The van der Waals surface area contributed by atoms with Gasteiger partial charge in [0.1, 0.15) is 0 Å². The first-order chi connectivity index (χ1) is 11.5. The molecule has 0 saturated heterocycles. The van der Waals surface area contributed by atoms with E-state index in [9.17, 15) is 0 Å². The predicted molar refractivity (Wildman–Crippen MR) is 114 cm³/mol. The van der Waals surface area contributed by atoms with Gasteiger partial charge in [0.15, 0.2) is 0 Å². The van der Waals surface area contributed by atoms with Gasteiger partial charge in [-0.05, 0) is 12.8 Å². The Hall–Kier alpha value is 0.538. The SMILES string of the molecule is Cn1cc(-c2ccccc2)n(C)[c]1=[Pt].IN(I)C1CCCCCC1. The fourth-order valence-corrected chi connectivity index (χ4v) is 4.51. The molecule has 3 nitrogen and oxygen atoms in total. The second kappa shape index (κ2) is 10.6. The molecule has 1 fully saturated rings. The number of hydrogen-bond acceptors (Lipinski definition) is 1. The van der Waals surface area contributed by atoms with E-state index in [1.807, 2.05) is 6.07 Å².